The van der Waals surface area contributed by atoms with Crippen LogP contribution in [-0.4, -0.2) is 34.4 Å². The molecule has 1 aromatic carbocycles. The average Bonchev–Trinajstić information content (AvgIpc) is 3.10. The van der Waals surface area contributed by atoms with E-state index in [1.54, 1.807) is 22.8 Å². The summed E-state index contributed by atoms with van der Waals surface area (Å²) in [4.78, 5) is 4.38. The predicted molar refractivity (Wildman–Crippen MR) is 92.8 cm³/mol. The van der Waals surface area contributed by atoms with Gasteiger partial charge in [0, 0.05) is 55.7 Å². The van der Waals surface area contributed by atoms with Crippen LogP contribution in [0.1, 0.15) is 24.0 Å². The van der Waals surface area contributed by atoms with Crippen molar-refractivity contribution in [3.63, 3.8) is 0 Å². The van der Waals surface area contributed by atoms with Crippen LogP contribution in [0.2, 0.25) is 0 Å². The van der Waals surface area contributed by atoms with Gasteiger partial charge in [-0.25, -0.2) is 13.9 Å². The van der Waals surface area contributed by atoms with E-state index in [-0.39, 0.29) is 11.2 Å². The molecule has 3 aromatic rings. The van der Waals surface area contributed by atoms with Crippen LogP contribution in [0.25, 0.3) is 5.65 Å². The number of aromatic nitrogens is 3. The van der Waals surface area contributed by atoms with E-state index in [2.05, 4.69) is 15.4 Å². The monoisotopic (exact) mass is 340 g/mol. The highest BCUT2D eigenvalue weighted by Crippen LogP contribution is 2.34. The first kappa shape index (κ1) is 16.2. The number of nitrogens with zero attached hydrogens (tertiary/aromatic N) is 3. The van der Waals surface area contributed by atoms with Crippen LogP contribution < -0.4 is 5.32 Å². The van der Waals surface area contributed by atoms with Gasteiger partial charge < -0.3 is 10.1 Å². The largest absolute Gasteiger partial charge is 0.381 e. The van der Waals surface area contributed by atoms with Crippen molar-refractivity contribution >= 4 is 5.65 Å². The van der Waals surface area contributed by atoms with E-state index in [0.717, 1.165) is 36.2 Å². The predicted octanol–water partition coefficient (Wildman–Crippen LogP) is 2.71. The highest BCUT2D eigenvalue weighted by molar-refractivity contribution is 5.35. The number of hydrogen-bond donors (Lipinski definition) is 1. The van der Waals surface area contributed by atoms with Gasteiger partial charge in [0.05, 0.1) is 6.20 Å². The topological polar surface area (TPSA) is 51.5 Å². The highest BCUT2D eigenvalue weighted by Gasteiger charge is 2.34. The fraction of sp³-hybridized carbons (Fsp3) is 0.368. The van der Waals surface area contributed by atoms with Crippen molar-refractivity contribution in [3.05, 3.63) is 65.9 Å². The second-order valence-electron chi connectivity index (χ2n) is 6.60. The molecule has 6 heteroatoms. The molecule has 5 nitrogen and oxygen atoms in total. The Morgan fingerprint density at radius 2 is 2.12 bits per heavy atom. The Morgan fingerprint density at radius 1 is 1.24 bits per heavy atom. The van der Waals surface area contributed by atoms with Gasteiger partial charge in [-0.15, -0.1) is 0 Å². The third-order valence-corrected chi connectivity index (χ3v) is 4.98. The van der Waals surface area contributed by atoms with Crippen molar-refractivity contribution < 1.29 is 9.13 Å². The van der Waals surface area contributed by atoms with E-state index in [1.807, 2.05) is 24.5 Å². The van der Waals surface area contributed by atoms with E-state index in [0.29, 0.717) is 19.8 Å². The molecule has 1 fully saturated rings. The molecule has 0 atom stereocenters. The Morgan fingerprint density at radius 3 is 2.96 bits per heavy atom. The lowest BCUT2D eigenvalue weighted by atomic mass is 9.74. The second-order valence-corrected chi connectivity index (χ2v) is 6.60. The molecular formula is C19H21FN4O. The lowest BCUT2D eigenvalue weighted by Crippen LogP contribution is -2.42. The highest BCUT2D eigenvalue weighted by atomic mass is 19.1. The van der Waals surface area contributed by atoms with E-state index >= 15 is 0 Å². The van der Waals surface area contributed by atoms with Crippen molar-refractivity contribution in [1.82, 2.24) is 19.9 Å². The number of benzene rings is 1. The Hall–Kier alpha value is -2.31. The molecule has 4 rings (SSSR count). The third-order valence-electron chi connectivity index (χ3n) is 4.98. The van der Waals surface area contributed by atoms with Crippen LogP contribution in [0.4, 0.5) is 4.39 Å². The first-order valence-electron chi connectivity index (χ1n) is 8.58. The number of nitrogens with one attached hydrogen (secondary N) is 1. The molecule has 1 saturated heterocycles. The Balaban J connectivity index is 1.49. The van der Waals surface area contributed by atoms with Crippen molar-refractivity contribution in [2.75, 3.05) is 19.8 Å². The molecule has 0 aliphatic carbocycles. The maximum Gasteiger partial charge on any atom is 0.154 e. The number of hydrogen-bond acceptors (Lipinski definition) is 4. The van der Waals surface area contributed by atoms with Crippen LogP contribution >= 0.6 is 0 Å². The third kappa shape index (κ3) is 3.41. The van der Waals surface area contributed by atoms with Gasteiger partial charge in [-0.05, 0) is 30.5 Å². The summed E-state index contributed by atoms with van der Waals surface area (Å²) < 4.78 is 21.0. The van der Waals surface area contributed by atoms with E-state index in [4.69, 9.17) is 4.74 Å². The zero-order valence-electron chi connectivity index (χ0n) is 14.0. The van der Waals surface area contributed by atoms with E-state index < -0.39 is 0 Å². The van der Waals surface area contributed by atoms with Crippen LogP contribution in [0.3, 0.4) is 0 Å². The summed E-state index contributed by atoms with van der Waals surface area (Å²) in [6.45, 7) is 2.88. The SMILES string of the molecule is Fc1cccc(C2(CNCc3cnc4ccnn4c3)CCOCC2)c1. The van der Waals surface area contributed by atoms with Gasteiger partial charge in [0.25, 0.3) is 0 Å². The molecule has 1 N–H and O–H groups in total. The maximum absolute atomic E-state index is 13.7. The van der Waals surface area contributed by atoms with Crippen LogP contribution in [0.15, 0.2) is 48.9 Å². The zero-order chi connectivity index (χ0) is 17.1. The van der Waals surface area contributed by atoms with Gasteiger partial charge >= 0.3 is 0 Å². The minimum Gasteiger partial charge on any atom is -0.381 e. The summed E-state index contributed by atoms with van der Waals surface area (Å²) in [6.07, 6.45) is 7.36. The second kappa shape index (κ2) is 6.90. The number of ether oxygens (including phenoxy) is 1. The summed E-state index contributed by atoms with van der Waals surface area (Å²) in [5.41, 5.74) is 2.86. The van der Waals surface area contributed by atoms with Gasteiger partial charge in [0.15, 0.2) is 5.65 Å². The molecule has 0 unspecified atom stereocenters. The fourth-order valence-corrected chi connectivity index (χ4v) is 3.53. The van der Waals surface area contributed by atoms with Crippen LogP contribution in [0.5, 0.6) is 0 Å². The molecule has 1 aliphatic rings. The zero-order valence-corrected chi connectivity index (χ0v) is 14.0. The lowest BCUT2D eigenvalue weighted by molar-refractivity contribution is 0.0496. The van der Waals surface area contributed by atoms with Crippen molar-refractivity contribution in [1.29, 1.82) is 0 Å². The molecule has 0 radical (unpaired) electrons. The normalized spacial score (nSPS) is 17.0. The summed E-state index contributed by atoms with van der Waals surface area (Å²) in [6, 6.07) is 8.84. The molecule has 0 saturated carbocycles. The molecule has 25 heavy (non-hydrogen) atoms. The molecule has 1 aliphatic heterocycles. The van der Waals surface area contributed by atoms with Gasteiger partial charge in [0.1, 0.15) is 5.82 Å². The lowest BCUT2D eigenvalue weighted by Gasteiger charge is -2.38. The van der Waals surface area contributed by atoms with Gasteiger partial charge in [-0.1, -0.05) is 12.1 Å². The average molecular weight is 340 g/mol. The molecular weight excluding hydrogens is 319 g/mol. The van der Waals surface area contributed by atoms with Crippen molar-refractivity contribution in [2.45, 2.75) is 24.8 Å². The molecule has 130 valence electrons. The maximum atomic E-state index is 13.7. The summed E-state index contributed by atoms with van der Waals surface area (Å²) in [5.74, 6) is -0.184. The molecule has 0 spiro atoms. The van der Waals surface area contributed by atoms with Crippen LogP contribution in [-0.2, 0) is 16.7 Å². The molecule has 3 heterocycles. The van der Waals surface area contributed by atoms with Gasteiger partial charge in [-0.3, -0.25) is 0 Å². The standard InChI is InChI=1S/C19H21FN4O/c20-17-3-1-2-16(10-17)19(5-8-25-9-6-19)14-21-11-15-12-22-18-4-7-23-24(18)13-15/h1-4,7,10,12-13,21H,5-6,8-9,11,14H2. The molecule has 2 aromatic heterocycles. The minimum atomic E-state index is -0.184. The number of halogens is 1. The fourth-order valence-electron chi connectivity index (χ4n) is 3.53. The quantitative estimate of drug-likeness (QED) is 0.776. The Bertz CT molecular complexity index is 857. The number of fused-ring (bicyclic) bond motifs is 1. The van der Waals surface area contributed by atoms with Crippen LogP contribution in [0, 0.1) is 5.82 Å². The summed E-state index contributed by atoms with van der Waals surface area (Å²) >= 11 is 0. The summed E-state index contributed by atoms with van der Waals surface area (Å²) in [5, 5.41) is 7.74. The minimum absolute atomic E-state index is 0.0937. The van der Waals surface area contributed by atoms with E-state index in [1.165, 1.54) is 6.07 Å². The van der Waals surface area contributed by atoms with Crippen molar-refractivity contribution in [3.8, 4) is 0 Å². The molecule has 0 bridgehead atoms. The first-order valence-corrected chi connectivity index (χ1v) is 8.58. The van der Waals surface area contributed by atoms with Crippen molar-refractivity contribution in [2.24, 2.45) is 0 Å². The Kier molecular flexibility index (Phi) is 4.46. The van der Waals surface area contributed by atoms with E-state index in [9.17, 15) is 4.39 Å². The first-order chi connectivity index (χ1) is 12.3. The summed E-state index contributed by atoms with van der Waals surface area (Å²) in [7, 11) is 0. The molecule has 0 amide bonds. The number of rotatable bonds is 5. The smallest absolute Gasteiger partial charge is 0.154 e. The van der Waals surface area contributed by atoms with Gasteiger partial charge in [0.2, 0.25) is 0 Å². The van der Waals surface area contributed by atoms with Gasteiger partial charge in [-0.2, -0.15) is 5.10 Å². The Labute approximate surface area is 145 Å².